The molecule has 1 atom stereocenters. The second-order valence-corrected chi connectivity index (χ2v) is 11.7. The number of aryl methyl sites for hydroxylation is 1. The van der Waals surface area contributed by atoms with Crippen LogP contribution in [-0.2, 0) is 14.8 Å². The first kappa shape index (κ1) is 22.2. The second-order valence-electron chi connectivity index (χ2n) is 8.55. The lowest BCUT2D eigenvalue weighted by Gasteiger charge is -2.31. The molecule has 0 aromatic carbocycles. The number of thiophene rings is 1. The summed E-state index contributed by atoms with van der Waals surface area (Å²) in [5.41, 5.74) is 0.599. The van der Waals surface area contributed by atoms with Crippen molar-refractivity contribution in [2.24, 2.45) is 5.92 Å². The van der Waals surface area contributed by atoms with E-state index in [0.29, 0.717) is 52.5 Å². The summed E-state index contributed by atoms with van der Waals surface area (Å²) in [4.78, 5) is 22.8. The van der Waals surface area contributed by atoms with Crippen molar-refractivity contribution in [1.29, 1.82) is 0 Å². The molecule has 1 amide bonds. The molecule has 11 heteroatoms. The van der Waals surface area contributed by atoms with E-state index in [1.165, 1.54) is 22.1 Å². The number of nitrogens with zero attached hydrogens (tertiary/aromatic N) is 4. The summed E-state index contributed by atoms with van der Waals surface area (Å²) in [6.45, 7) is 2.31. The SMILES string of the molecule is Cc1sc(-c2noc(C3CCC3)n2)cc1S(=O)(=O)N1CCC[C@@H](C(=O)Nc2cccnc2)C1. The first-order valence-electron chi connectivity index (χ1n) is 11.1. The molecule has 9 nitrogen and oxygen atoms in total. The van der Waals surface area contributed by atoms with E-state index in [2.05, 4.69) is 20.4 Å². The van der Waals surface area contributed by atoms with Gasteiger partial charge in [-0.25, -0.2) is 8.42 Å². The monoisotopic (exact) mass is 487 g/mol. The number of rotatable bonds is 6. The lowest BCUT2D eigenvalue weighted by molar-refractivity contribution is -0.120. The molecule has 2 aliphatic rings. The molecule has 0 bridgehead atoms. The van der Waals surface area contributed by atoms with Crippen molar-refractivity contribution in [3.8, 4) is 10.7 Å². The zero-order valence-corrected chi connectivity index (χ0v) is 19.9. The van der Waals surface area contributed by atoms with Crippen LogP contribution < -0.4 is 5.32 Å². The van der Waals surface area contributed by atoms with Crippen LogP contribution in [0.3, 0.4) is 0 Å². The van der Waals surface area contributed by atoms with Gasteiger partial charge < -0.3 is 9.84 Å². The van der Waals surface area contributed by atoms with Gasteiger partial charge >= 0.3 is 0 Å². The van der Waals surface area contributed by atoms with Crippen LogP contribution in [0.4, 0.5) is 5.69 Å². The van der Waals surface area contributed by atoms with Gasteiger partial charge in [0.15, 0.2) is 0 Å². The van der Waals surface area contributed by atoms with Crippen molar-refractivity contribution in [3.63, 3.8) is 0 Å². The van der Waals surface area contributed by atoms with Crippen LogP contribution >= 0.6 is 11.3 Å². The Balaban J connectivity index is 1.32. The van der Waals surface area contributed by atoms with Crippen molar-refractivity contribution in [1.82, 2.24) is 19.4 Å². The molecule has 4 heterocycles. The van der Waals surface area contributed by atoms with Gasteiger partial charge in [-0.2, -0.15) is 9.29 Å². The molecule has 0 unspecified atom stereocenters. The molecule has 0 spiro atoms. The van der Waals surface area contributed by atoms with Crippen molar-refractivity contribution < 1.29 is 17.7 Å². The van der Waals surface area contributed by atoms with Crippen molar-refractivity contribution in [2.45, 2.75) is 49.8 Å². The van der Waals surface area contributed by atoms with Gasteiger partial charge in [0.1, 0.15) is 0 Å². The van der Waals surface area contributed by atoms with Crippen LogP contribution in [0.25, 0.3) is 10.7 Å². The summed E-state index contributed by atoms with van der Waals surface area (Å²) >= 11 is 1.34. The van der Waals surface area contributed by atoms with Crippen molar-refractivity contribution in [3.05, 3.63) is 41.4 Å². The van der Waals surface area contributed by atoms with Crippen LogP contribution in [0.2, 0.25) is 0 Å². The van der Waals surface area contributed by atoms with Crippen molar-refractivity contribution in [2.75, 3.05) is 18.4 Å². The number of nitrogens with one attached hydrogen (secondary N) is 1. The number of aromatic nitrogens is 3. The molecular formula is C22H25N5O4S2. The first-order chi connectivity index (χ1) is 15.9. The average Bonchev–Trinajstić information content (AvgIpc) is 3.40. The Hall–Kier alpha value is -2.63. The van der Waals surface area contributed by atoms with Crippen LogP contribution in [0, 0.1) is 12.8 Å². The number of amides is 1. The minimum absolute atomic E-state index is 0.146. The molecule has 5 rings (SSSR count). The maximum absolute atomic E-state index is 13.5. The quantitative estimate of drug-likeness (QED) is 0.562. The van der Waals surface area contributed by atoms with E-state index in [0.717, 1.165) is 12.8 Å². The zero-order chi connectivity index (χ0) is 23.0. The average molecular weight is 488 g/mol. The summed E-state index contributed by atoms with van der Waals surface area (Å²) in [5, 5.41) is 6.90. The zero-order valence-electron chi connectivity index (χ0n) is 18.2. The molecule has 2 fully saturated rings. The van der Waals surface area contributed by atoms with Gasteiger partial charge in [0.2, 0.25) is 27.6 Å². The number of carbonyl (C=O) groups is 1. The molecule has 1 saturated carbocycles. The lowest BCUT2D eigenvalue weighted by Crippen LogP contribution is -2.43. The summed E-state index contributed by atoms with van der Waals surface area (Å²) in [5.74, 6) is 0.762. The third kappa shape index (κ3) is 4.44. The molecule has 0 radical (unpaired) electrons. The largest absolute Gasteiger partial charge is 0.339 e. The van der Waals surface area contributed by atoms with Gasteiger partial charge in [0.25, 0.3) is 0 Å². The van der Waals surface area contributed by atoms with Gasteiger partial charge in [-0.15, -0.1) is 11.3 Å². The Bertz CT molecular complexity index is 1250. The normalized spacial score (nSPS) is 19.8. The van der Waals surface area contributed by atoms with Crippen LogP contribution in [-0.4, -0.2) is 46.8 Å². The first-order valence-corrected chi connectivity index (χ1v) is 13.3. The minimum atomic E-state index is -3.76. The van der Waals surface area contributed by atoms with Crippen molar-refractivity contribution >= 4 is 33.0 Å². The van der Waals surface area contributed by atoms with Crippen LogP contribution in [0.15, 0.2) is 40.0 Å². The fraction of sp³-hybridized carbons (Fsp3) is 0.455. The maximum Gasteiger partial charge on any atom is 0.244 e. The molecular weight excluding hydrogens is 462 g/mol. The summed E-state index contributed by atoms with van der Waals surface area (Å²) in [6.07, 6.45) is 7.73. The van der Waals surface area contributed by atoms with Gasteiger partial charge in [0.05, 0.1) is 27.6 Å². The topological polar surface area (TPSA) is 118 Å². The fourth-order valence-electron chi connectivity index (χ4n) is 4.18. The summed E-state index contributed by atoms with van der Waals surface area (Å²) in [7, 11) is -3.76. The lowest BCUT2D eigenvalue weighted by atomic mass is 9.85. The van der Waals surface area contributed by atoms with E-state index >= 15 is 0 Å². The highest BCUT2D eigenvalue weighted by atomic mass is 32.2. The maximum atomic E-state index is 13.5. The molecule has 1 saturated heterocycles. The van der Waals surface area contributed by atoms with E-state index in [1.54, 1.807) is 37.5 Å². The summed E-state index contributed by atoms with van der Waals surface area (Å²) in [6, 6.07) is 5.12. The molecule has 3 aromatic heterocycles. The predicted octanol–water partition coefficient (Wildman–Crippen LogP) is 3.81. The molecule has 3 aromatic rings. The van der Waals surface area contributed by atoms with Gasteiger partial charge in [-0.05, 0) is 50.8 Å². The number of pyridine rings is 1. The second kappa shape index (κ2) is 8.96. The molecule has 33 heavy (non-hydrogen) atoms. The van der Waals surface area contributed by atoms with E-state index in [-0.39, 0.29) is 17.3 Å². The summed E-state index contributed by atoms with van der Waals surface area (Å²) < 4.78 is 33.8. The highest BCUT2D eigenvalue weighted by molar-refractivity contribution is 7.89. The van der Waals surface area contributed by atoms with E-state index in [4.69, 9.17) is 4.52 Å². The number of hydrogen-bond acceptors (Lipinski definition) is 8. The number of anilines is 1. The molecule has 1 N–H and O–H groups in total. The van der Waals surface area contributed by atoms with E-state index < -0.39 is 15.9 Å². The fourth-order valence-corrected chi connectivity index (χ4v) is 7.19. The minimum Gasteiger partial charge on any atom is -0.339 e. The third-order valence-corrected chi connectivity index (χ3v) is 9.46. The Morgan fingerprint density at radius 1 is 1.27 bits per heavy atom. The smallest absolute Gasteiger partial charge is 0.244 e. The Morgan fingerprint density at radius 3 is 2.85 bits per heavy atom. The van der Waals surface area contributed by atoms with Gasteiger partial charge in [-0.3, -0.25) is 9.78 Å². The standard InChI is InChI=1S/C22H25N5O4S2/c1-14-19(11-18(32-14)20-25-22(31-26-20)15-5-2-6-15)33(29,30)27-10-4-7-16(13-27)21(28)24-17-8-3-9-23-12-17/h3,8-9,11-12,15-16H,2,4-7,10,13H2,1H3,(H,24,28)/t16-/m1/s1. The number of piperidine rings is 1. The number of hydrogen-bond donors (Lipinski definition) is 1. The highest BCUT2D eigenvalue weighted by Gasteiger charge is 2.35. The third-order valence-electron chi connectivity index (χ3n) is 6.29. The van der Waals surface area contributed by atoms with Crippen LogP contribution in [0.1, 0.15) is 48.8 Å². The molecule has 1 aliphatic carbocycles. The van der Waals surface area contributed by atoms with Gasteiger partial charge in [0, 0.05) is 30.1 Å². The predicted molar refractivity (Wildman–Crippen MR) is 123 cm³/mol. The van der Waals surface area contributed by atoms with Gasteiger partial charge in [-0.1, -0.05) is 11.6 Å². The Kier molecular flexibility index (Phi) is 6.02. The molecule has 1 aliphatic heterocycles. The Morgan fingerprint density at radius 2 is 2.12 bits per heavy atom. The molecule has 174 valence electrons. The Labute approximate surface area is 196 Å². The van der Waals surface area contributed by atoms with Crippen LogP contribution in [0.5, 0.6) is 0 Å². The highest BCUT2D eigenvalue weighted by Crippen LogP contribution is 2.38. The van der Waals surface area contributed by atoms with E-state index in [9.17, 15) is 13.2 Å². The number of carbonyl (C=O) groups excluding carboxylic acids is 1. The number of sulfonamides is 1. The van der Waals surface area contributed by atoms with E-state index in [1.807, 2.05) is 0 Å².